The van der Waals surface area contributed by atoms with Crippen LogP contribution in [0.2, 0.25) is 0 Å². The molecule has 0 unspecified atom stereocenters. The Bertz CT molecular complexity index is 870. The molecule has 0 radical (unpaired) electrons. The summed E-state index contributed by atoms with van der Waals surface area (Å²) in [7, 11) is 0. The fourth-order valence-electron chi connectivity index (χ4n) is 5.35. The first-order valence-corrected chi connectivity index (χ1v) is 19.7. The zero-order chi connectivity index (χ0) is 35.7. The lowest BCUT2D eigenvalue weighted by atomic mass is 10.0. The maximum atomic E-state index is 12.6. The van der Waals surface area contributed by atoms with E-state index in [0.717, 1.165) is 89.9 Å². The number of hydrogen-bond acceptors (Lipinski definition) is 4. The van der Waals surface area contributed by atoms with Crippen LogP contribution in [0.3, 0.4) is 0 Å². The second-order valence-corrected chi connectivity index (χ2v) is 12.8. The average molecular weight is 681 g/mol. The largest absolute Gasteiger partial charge is 0.462 e. The predicted molar refractivity (Wildman–Crippen MR) is 209 cm³/mol. The van der Waals surface area contributed by atoms with Gasteiger partial charge in [-0.05, 0) is 109 Å². The van der Waals surface area contributed by atoms with Crippen molar-refractivity contribution >= 4 is 18.8 Å². The summed E-state index contributed by atoms with van der Waals surface area (Å²) in [6.07, 6.45) is 52.6. The Labute approximate surface area is 301 Å². The van der Waals surface area contributed by atoms with Crippen LogP contribution in [0.1, 0.15) is 168 Å². The van der Waals surface area contributed by atoms with Crippen molar-refractivity contribution in [2.75, 3.05) is 0 Å². The number of ether oxygens (including phenoxy) is 1. The highest BCUT2D eigenvalue weighted by molar-refractivity contribution is 5.69. The number of carbonyl (C=O) groups is 3. The van der Waals surface area contributed by atoms with Crippen molar-refractivity contribution in [3.63, 3.8) is 0 Å². The van der Waals surface area contributed by atoms with Gasteiger partial charge in [-0.25, -0.2) is 0 Å². The molecule has 0 bridgehead atoms. The highest BCUT2D eigenvalue weighted by atomic mass is 16.5. The molecule has 0 aliphatic heterocycles. The maximum Gasteiger partial charge on any atom is 0.306 e. The fourth-order valence-corrected chi connectivity index (χ4v) is 5.35. The molecule has 2 N–H and O–H groups in total. The lowest BCUT2D eigenvalue weighted by Gasteiger charge is -2.19. The van der Waals surface area contributed by atoms with E-state index in [4.69, 9.17) is 4.74 Å². The van der Waals surface area contributed by atoms with Crippen LogP contribution >= 0.6 is 0 Å². The van der Waals surface area contributed by atoms with Gasteiger partial charge in [-0.1, -0.05) is 125 Å². The summed E-state index contributed by atoms with van der Waals surface area (Å²) in [6.45, 7) is 4.48. The fraction of sp³-hybridized carbons (Fsp3) is 0.651. The Kier molecular flexibility index (Phi) is 36.8. The van der Waals surface area contributed by atoms with Gasteiger partial charge in [0.2, 0.25) is 12.8 Å². The number of carbonyl (C=O) groups excluding carboxylic acids is 3. The second-order valence-electron chi connectivity index (χ2n) is 12.8. The van der Waals surface area contributed by atoms with Crippen LogP contribution in [-0.4, -0.2) is 31.1 Å². The summed E-state index contributed by atoms with van der Waals surface area (Å²) in [5.41, 5.74) is 0. The van der Waals surface area contributed by atoms with Crippen LogP contribution in [0, 0.1) is 0 Å². The van der Waals surface area contributed by atoms with Crippen molar-refractivity contribution in [2.24, 2.45) is 0 Å². The predicted octanol–water partition coefficient (Wildman–Crippen LogP) is 11.5. The third kappa shape index (κ3) is 36.0. The number of allylic oxidation sites excluding steroid dienone is 12. The molecule has 6 nitrogen and oxygen atoms in total. The van der Waals surface area contributed by atoms with Crippen LogP contribution in [0.5, 0.6) is 0 Å². The Balaban J connectivity index is 4.37. The molecule has 0 heterocycles. The van der Waals surface area contributed by atoms with E-state index in [1.54, 1.807) is 0 Å². The Morgan fingerprint density at radius 2 is 0.857 bits per heavy atom. The minimum Gasteiger partial charge on any atom is -0.462 e. The molecule has 0 saturated heterocycles. The van der Waals surface area contributed by atoms with Crippen LogP contribution in [-0.2, 0) is 19.1 Å². The van der Waals surface area contributed by atoms with Gasteiger partial charge in [0, 0.05) is 6.42 Å². The molecule has 0 aromatic rings. The van der Waals surface area contributed by atoms with E-state index in [0.29, 0.717) is 19.2 Å². The Morgan fingerprint density at radius 1 is 0.490 bits per heavy atom. The van der Waals surface area contributed by atoms with Crippen LogP contribution in [0.25, 0.3) is 0 Å². The average Bonchev–Trinajstić information content (AvgIpc) is 3.10. The van der Waals surface area contributed by atoms with Crippen LogP contribution in [0.15, 0.2) is 72.9 Å². The van der Waals surface area contributed by atoms with Crippen molar-refractivity contribution in [3.8, 4) is 0 Å². The normalized spacial score (nSPS) is 12.9. The van der Waals surface area contributed by atoms with Crippen molar-refractivity contribution in [1.82, 2.24) is 10.6 Å². The van der Waals surface area contributed by atoms with Gasteiger partial charge < -0.3 is 15.4 Å². The molecular formula is C43H72N2O4. The first-order valence-electron chi connectivity index (χ1n) is 19.7. The molecular weight excluding hydrogens is 608 g/mol. The van der Waals surface area contributed by atoms with Crippen molar-refractivity contribution in [2.45, 2.75) is 180 Å². The molecule has 0 aliphatic carbocycles. The summed E-state index contributed by atoms with van der Waals surface area (Å²) in [5, 5.41) is 5.02. The molecule has 49 heavy (non-hydrogen) atoms. The van der Waals surface area contributed by atoms with Gasteiger partial charge in [-0.2, -0.15) is 0 Å². The summed E-state index contributed by atoms with van der Waals surface area (Å²) in [6, 6.07) is 0. The topological polar surface area (TPSA) is 84.5 Å². The molecule has 0 aliphatic rings. The van der Waals surface area contributed by atoms with Gasteiger partial charge in [-0.3, -0.25) is 14.4 Å². The van der Waals surface area contributed by atoms with Gasteiger partial charge >= 0.3 is 5.97 Å². The molecule has 278 valence electrons. The SMILES string of the molecule is CCCCCC=CCC=CCC=CCCCCCC(CCCCCC=CCC=CCC=CCCCCC)OC(=O)CCC(NC=O)NC=O. The zero-order valence-electron chi connectivity index (χ0n) is 31.3. The van der Waals surface area contributed by atoms with E-state index in [2.05, 4.69) is 97.4 Å². The summed E-state index contributed by atoms with van der Waals surface area (Å²) < 4.78 is 5.88. The van der Waals surface area contributed by atoms with E-state index < -0.39 is 6.17 Å². The second kappa shape index (κ2) is 39.3. The van der Waals surface area contributed by atoms with Gasteiger partial charge in [0.05, 0.1) is 0 Å². The van der Waals surface area contributed by atoms with E-state index in [1.807, 2.05) is 0 Å². The highest BCUT2D eigenvalue weighted by Gasteiger charge is 2.16. The van der Waals surface area contributed by atoms with Gasteiger partial charge in [0.15, 0.2) is 0 Å². The van der Waals surface area contributed by atoms with Crippen molar-refractivity contribution < 1.29 is 19.1 Å². The number of rotatable bonds is 36. The van der Waals surface area contributed by atoms with Crippen LogP contribution in [0.4, 0.5) is 0 Å². The molecule has 0 aromatic carbocycles. The quantitative estimate of drug-likeness (QED) is 0.0227. The zero-order valence-corrected chi connectivity index (χ0v) is 31.3. The number of esters is 1. The molecule has 0 rings (SSSR count). The smallest absolute Gasteiger partial charge is 0.306 e. The minimum atomic E-state index is -0.567. The molecule has 0 saturated carbocycles. The summed E-state index contributed by atoms with van der Waals surface area (Å²) in [4.78, 5) is 34.2. The third-order valence-corrected chi connectivity index (χ3v) is 8.30. The lowest BCUT2D eigenvalue weighted by Crippen LogP contribution is -2.41. The van der Waals surface area contributed by atoms with Crippen molar-refractivity contribution in [1.29, 1.82) is 0 Å². The van der Waals surface area contributed by atoms with E-state index in [-0.39, 0.29) is 18.5 Å². The Morgan fingerprint density at radius 3 is 1.22 bits per heavy atom. The van der Waals surface area contributed by atoms with E-state index in [9.17, 15) is 14.4 Å². The van der Waals surface area contributed by atoms with Gasteiger partial charge in [0.25, 0.3) is 0 Å². The molecule has 0 aromatic heterocycles. The van der Waals surface area contributed by atoms with Crippen LogP contribution < -0.4 is 10.6 Å². The third-order valence-electron chi connectivity index (χ3n) is 8.30. The maximum absolute atomic E-state index is 12.6. The molecule has 6 heteroatoms. The van der Waals surface area contributed by atoms with E-state index in [1.165, 1.54) is 51.4 Å². The monoisotopic (exact) mass is 681 g/mol. The molecule has 2 amide bonds. The van der Waals surface area contributed by atoms with Gasteiger partial charge in [-0.15, -0.1) is 0 Å². The molecule has 0 spiro atoms. The highest BCUT2D eigenvalue weighted by Crippen LogP contribution is 2.17. The first-order chi connectivity index (χ1) is 24.2. The number of hydrogen-bond donors (Lipinski definition) is 2. The standard InChI is InChI=1S/C43H72N2O4/c1-3-5-7-9-11-13-15-17-19-21-23-25-27-29-31-33-35-41(49-43(48)38-37-42(44-39-46)45-40-47)36-34-32-30-28-26-24-22-20-18-16-14-12-10-8-6-4-2/h11-14,17-20,23-26,39-42H,3-10,15-16,21-22,27-38H2,1-2H3,(H,44,46)(H,45,47). The molecule has 0 atom stereocenters. The summed E-state index contributed by atoms with van der Waals surface area (Å²) >= 11 is 0. The van der Waals surface area contributed by atoms with Crippen molar-refractivity contribution in [3.05, 3.63) is 72.9 Å². The van der Waals surface area contributed by atoms with Gasteiger partial charge in [0.1, 0.15) is 12.3 Å². The number of nitrogens with one attached hydrogen (secondary N) is 2. The molecule has 0 fully saturated rings. The minimum absolute atomic E-state index is 0.0910. The number of amides is 2. The Hall–Kier alpha value is -3.15. The lowest BCUT2D eigenvalue weighted by molar-refractivity contribution is -0.150. The first kappa shape index (κ1) is 45.9. The summed E-state index contributed by atoms with van der Waals surface area (Å²) in [5.74, 6) is -0.277. The number of unbranched alkanes of at least 4 members (excludes halogenated alkanes) is 12. The van der Waals surface area contributed by atoms with E-state index >= 15 is 0 Å².